The van der Waals surface area contributed by atoms with E-state index >= 15 is 0 Å². The summed E-state index contributed by atoms with van der Waals surface area (Å²) in [5.41, 5.74) is 6.69. The Labute approximate surface area is 115 Å². The van der Waals surface area contributed by atoms with Crippen molar-refractivity contribution in [3.63, 3.8) is 0 Å². The molecule has 1 aromatic rings. The van der Waals surface area contributed by atoms with Crippen LogP contribution in [-0.2, 0) is 4.79 Å². The van der Waals surface area contributed by atoms with Gasteiger partial charge < -0.3 is 15.8 Å². The molecule has 2 unspecified atom stereocenters. The molecule has 3 N–H and O–H groups in total. The Morgan fingerprint density at radius 2 is 2.00 bits per heavy atom. The van der Waals surface area contributed by atoms with Crippen LogP contribution in [0.15, 0.2) is 24.3 Å². The predicted octanol–water partition coefficient (Wildman–Crippen LogP) is 2.25. The van der Waals surface area contributed by atoms with Crippen molar-refractivity contribution >= 4 is 5.91 Å². The monoisotopic (exact) mass is 264 g/mol. The van der Waals surface area contributed by atoms with Crippen LogP contribution >= 0.6 is 0 Å². The molecule has 4 heteroatoms. The molecular weight excluding hydrogens is 240 g/mol. The lowest BCUT2D eigenvalue weighted by Crippen LogP contribution is -2.36. The first-order valence-corrected chi connectivity index (χ1v) is 6.76. The molecule has 2 atom stereocenters. The van der Waals surface area contributed by atoms with E-state index in [2.05, 4.69) is 12.2 Å². The minimum absolute atomic E-state index is 0.0238. The van der Waals surface area contributed by atoms with Gasteiger partial charge in [-0.15, -0.1) is 0 Å². The summed E-state index contributed by atoms with van der Waals surface area (Å²) in [7, 11) is 1.64. The Bertz CT molecular complexity index is 390. The highest BCUT2D eigenvalue weighted by molar-refractivity contribution is 5.79. The van der Waals surface area contributed by atoms with Gasteiger partial charge in [0.25, 0.3) is 0 Å². The molecule has 0 fully saturated rings. The summed E-state index contributed by atoms with van der Waals surface area (Å²) < 4.78 is 5.11. The number of amides is 1. The zero-order valence-corrected chi connectivity index (χ0v) is 12.0. The Morgan fingerprint density at radius 3 is 2.47 bits per heavy atom. The summed E-state index contributed by atoms with van der Waals surface area (Å²) in [5, 5.41) is 3.01. The van der Waals surface area contributed by atoms with Crippen molar-refractivity contribution in [2.24, 2.45) is 11.7 Å². The van der Waals surface area contributed by atoms with Crippen molar-refractivity contribution in [2.45, 2.75) is 32.7 Å². The maximum atomic E-state index is 12.1. The summed E-state index contributed by atoms with van der Waals surface area (Å²) in [4.78, 5) is 12.1. The number of rotatable bonds is 7. The van der Waals surface area contributed by atoms with Crippen molar-refractivity contribution < 1.29 is 9.53 Å². The maximum absolute atomic E-state index is 12.1. The van der Waals surface area contributed by atoms with Crippen LogP contribution in [0, 0.1) is 5.92 Å². The highest BCUT2D eigenvalue weighted by atomic mass is 16.5. The molecule has 0 heterocycles. The number of nitrogens with one attached hydrogen (secondary N) is 1. The van der Waals surface area contributed by atoms with Gasteiger partial charge in [0.2, 0.25) is 5.91 Å². The molecule has 0 aromatic heterocycles. The standard InChI is InChI=1S/C15H24N2O2/c1-4-5-13(10-16)15(18)17-11(2)12-6-8-14(19-3)9-7-12/h6-9,11,13H,4-5,10,16H2,1-3H3,(H,17,18). The highest BCUT2D eigenvalue weighted by Crippen LogP contribution is 2.18. The van der Waals surface area contributed by atoms with Crippen LogP contribution in [0.2, 0.25) is 0 Å². The van der Waals surface area contributed by atoms with Crippen molar-refractivity contribution in [3.8, 4) is 5.75 Å². The topological polar surface area (TPSA) is 64.4 Å². The molecule has 0 bridgehead atoms. The van der Waals surface area contributed by atoms with E-state index in [0.29, 0.717) is 6.54 Å². The quantitative estimate of drug-likeness (QED) is 0.794. The second kappa shape index (κ2) is 7.79. The first-order valence-electron chi connectivity index (χ1n) is 6.76. The van der Waals surface area contributed by atoms with Crippen molar-refractivity contribution in [1.82, 2.24) is 5.32 Å². The molecule has 0 spiro atoms. The van der Waals surface area contributed by atoms with Gasteiger partial charge in [0.05, 0.1) is 19.1 Å². The van der Waals surface area contributed by atoms with Crippen LogP contribution in [0.25, 0.3) is 0 Å². The largest absolute Gasteiger partial charge is 0.497 e. The van der Waals surface area contributed by atoms with Gasteiger partial charge in [0.15, 0.2) is 0 Å². The average molecular weight is 264 g/mol. The molecule has 1 amide bonds. The minimum Gasteiger partial charge on any atom is -0.497 e. The molecule has 0 aliphatic rings. The number of benzene rings is 1. The molecule has 4 nitrogen and oxygen atoms in total. The number of nitrogens with two attached hydrogens (primary N) is 1. The van der Waals surface area contributed by atoms with Crippen LogP contribution in [0.4, 0.5) is 0 Å². The average Bonchev–Trinajstić information content (AvgIpc) is 2.44. The Hall–Kier alpha value is -1.55. The maximum Gasteiger partial charge on any atom is 0.224 e. The first kappa shape index (κ1) is 15.5. The van der Waals surface area contributed by atoms with E-state index in [1.807, 2.05) is 31.2 Å². The first-order chi connectivity index (χ1) is 9.12. The molecule has 0 aliphatic carbocycles. The fraction of sp³-hybridized carbons (Fsp3) is 0.533. The van der Waals surface area contributed by atoms with Gasteiger partial charge in [0, 0.05) is 6.54 Å². The number of carbonyl (C=O) groups is 1. The zero-order valence-electron chi connectivity index (χ0n) is 12.0. The molecular formula is C15H24N2O2. The third-order valence-corrected chi connectivity index (χ3v) is 3.27. The number of hydrogen-bond donors (Lipinski definition) is 2. The second-order valence-electron chi connectivity index (χ2n) is 4.72. The third kappa shape index (κ3) is 4.56. The van der Waals surface area contributed by atoms with Crippen LogP contribution in [0.1, 0.15) is 38.3 Å². The Kier molecular flexibility index (Phi) is 6.36. The molecule has 1 rings (SSSR count). The molecule has 0 aliphatic heterocycles. The zero-order chi connectivity index (χ0) is 14.3. The predicted molar refractivity (Wildman–Crippen MR) is 77.0 cm³/mol. The SMILES string of the molecule is CCCC(CN)C(=O)NC(C)c1ccc(OC)cc1. The molecule has 106 valence electrons. The molecule has 0 saturated heterocycles. The van der Waals surface area contributed by atoms with E-state index in [-0.39, 0.29) is 17.9 Å². The van der Waals surface area contributed by atoms with Crippen LogP contribution in [-0.4, -0.2) is 19.6 Å². The third-order valence-electron chi connectivity index (χ3n) is 3.27. The van der Waals surface area contributed by atoms with Gasteiger partial charge >= 0.3 is 0 Å². The van der Waals surface area contributed by atoms with Gasteiger partial charge in [0.1, 0.15) is 5.75 Å². The molecule has 0 saturated carbocycles. The van der Waals surface area contributed by atoms with E-state index in [1.54, 1.807) is 7.11 Å². The van der Waals surface area contributed by atoms with Crippen LogP contribution in [0.5, 0.6) is 5.75 Å². The van der Waals surface area contributed by atoms with E-state index in [1.165, 1.54) is 0 Å². The molecule has 0 radical (unpaired) electrons. The van der Waals surface area contributed by atoms with Crippen molar-refractivity contribution in [3.05, 3.63) is 29.8 Å². The summed E-state index contributed by atoms with van der Waals surface area (Å²) in [6.07, 6.45) is 1.80. The highest BCUT2D eigenvalue weighted by Gasteiger charge is 2.18. The number of ether oxygens (including phenoxy) is 1. The Morgan fingerprint density at radius 1 is 1.37 bits per heavy atom. The van der Waals surface area contributed by atoms with E-state index in [0.717, 1.165) is 24.2 Å². The van der Waals surface area contributed by atoms with E-state index < -0.39 is 0 Å². The van der Waals surface area contributed by atoms with E-state index in [9.17, 15) is 4.79 Å². The number of carbonyl (C=O) groups excluding carboxylic acids is 1. The molecule has 1 aromatic carbocycles. The van der Waals surface area contributed by atoms with Gasteiger partial charge in [-0.3, -0.25) is 4.79 Å². The van der Waals surface area contributed by atoms with Gasteiger partial charge in [-0.2, -0.15) is 0 Å². The number of methoxy groups -OCH3 is 1. The number of hydrogen-bond acceptors (Lipinski definition) is 3. The second-order valence-corrected chi connectivity index (χ2v) is 4.72. The van der Waals surface area contributed by atoms with Crippen LogP contribution in [0.3, 0.4) is 0 Å². The van der Waals surface area contributed by atoms with Crippen molar-refractivity contribution in [2.75, 3.05) is 13.7 Å². The smallest absolute Gasteiger partial charge is 0.224 e. The summed E-state index contributed by atoms with van der Waals surface area (Å²) >= 11 is 0. The molecule has 19 heavy (non-hydrogen) atoms. The van der Waals surface area contributed by atoms with E-state index in [4.69, 9.17) is 10.5 Å². The summed E-state index contributed by atoms with van der Waals surface area (Å²) in [5.74, 6) is 0.756. The minimum atomic E-state index is -0.0919. The van der Waals surface area contributed by atoms with Gasteiger partial charge in [-0.05, 0) is 31.0 Å². The van der Waals surface area contributed by atoms with Gasteiger partial charge in [-0.25, -0.2) is 0 Å². The lowest BCUT2D eigenvalue weighted by molar-refractivity contribution is -0.125. The fourth-order valence-electron chi connectivity index (χ4n) is 2.01. The van der Waals surface area contributed by atoms with Crippen LogP contribution < -0.4 is 15.8 Å². The summed E-state index contributed by atoms with van der Waals surface area (Å²) in [6.45, 7) is 4.43. The van der Waals surface area contributed by atoms with Crippen molar-refractivity contribution in [1.29, 1.82) is 0 Å². The normalized spacial score (nSPS) is 13.7. The van der Waals surface area contributed by atoms with Gasteiger partial charge in [-0.1, -0.05) is 25.5 Å². The lowest BCUT2D eigenvalue weighted by atomic mass is 10.0. The lowest BCUT2D eigenvalue weighted by Gasteiger charge is -2.19. The Balaban J connectivity index is 2.62. The fourth-order valence-corrected chi connectivity index (χ4v) is 2.01. The summed E-state index contributed by atoms with van der Waals surface area (Å²) in [6, 6.07) is 7.68.